The summed E-state index contributed by atoms with van der Waals surface area (Å²) in [4.78, 5) is 0. The molecule has 0 fully saturated rings. The van der Waals surface area contributed by atoms with Crippen LogP contribution in [0.4, 0.5) is 13.2 Å². The van der Waals surface area contributed by atoms with Crippen LogP contribution in [0.25, 0.3) is 0 Å². The van der Waals surface area contributed by atoms with Crippen LogP contribution in [0.5, 0.6) is 0 Å². The van der Waals surface area contributed by atoms with Crippen molar-refractivity contribution in [2.75, 3.05) is 0 Å². The van der Waals surface area contributed by atoms with E-state index in [0.29, 0.717) is 5.56 Å². The molecule has 0 radical (unpaired) electrons. The molecule has 3 rings (SSSR count). The van der Waals surface area contributed by atoms with Crippen LogP contribution >= 0.6 is 0 Å². The summed E-state index contributed by atoms with van der Waals surface area (Å²) >= 11 is 0. The highest BCUT2D eigenvalue weighted by molar-refractivity contribution is 5.54. The Bertz CT molecular complexity index is 685. The van der Waals surface area contributed by atoms with E-state index in [1.165, 1.54) is 23.3 Å². The van der Waals surface area contributed by atoms with Crippen molar-refractivity contribution in [2.45, 2.75) is 25.4 Å². The first kappa shape index (κ1) is 13.9. The number of hydrogen-bond acceptors (Lipinski definition) is 0. The summed E-state index contributed by atoms with van der Waals surface area (Å²) in [7, 11) is 0. The van der Waals surface area contributed by atoms with Gasteiger partial charge in [0.2, 0.25) is 0 Å². The van der Waals surface area contributed by atoms with Crippen molar-refractivity contribution in [1.82, 2.24) is 0 Å². The lowest BCUT2D eigenvalue weighted by Gasteiger charge is -2.16. The van der Waals surface area contributed by atoms with Gasteiger partial charge in [-0.1, -0.05) is 54.2 Å². The van der Waals surface area contributed by atoms with Crippen molar-refractivity contribution in [3.8, 4) is 0 Å². The van der Waals surface area contributed by atoms with Gasteiger partial charge >= 0.3 is 6.18 Å². The highest BCUT2D eigenvalue weighted by atomic mass is 19.4. The Morgan fingerprint density at radius 2 is 1.95 bits per heavy atom. The highest BCUT2D eigenvalue weighted by Gasteiger charge is 2.31. The van der Waals surface area contributed by atoms with E-state index in [9.17, 15) is 13.2 Å². The van der Waals surface area contributed by atoms with Crippen LogP contribution in [0.15, 0.2) is 71.4 Å². The summed E-state index contributed by atoms with van der Waals surface area (Å²) in [6.45, 7) is 2.05. The third-order valence-electron chi connectivity index (χ3n) is 3.86. The smallest absolute Gasteiger partial charge is 0.166 e. The minimum absolute atomic E-state index is 0.116. The van der Waals surface area contributed by atoms with Gasteiger partial charge in [-0.3, -0.25) is 0 Å². The average Bonchev–Trinajstić information content (AvgIpc) is 2.68. The lowest BCUT2D eigenvalue weighted by atomic mass is 9.89. The fraction of sp³-hybridized carbons (Fsp3) is 0.222. The molecule has 21 heavy (non-hydrogen) atoms. The molecule has 0 saturated carbocycles. The zero-order valence-electron chi connectivity index (χ0n) is 11.6. The van der Waals surface area contributed by atoms with Gasteiger partial charge in [0.1, 0.15) is 0 Å². The van der Waals surface area contributed by atoms with E-state index in [2.05, 4.69) is 13.0 Å². The zero-order chi connectivity index (χ0) is 15.0. The van der Waals surface area contributed by atoms with E-state index in [1.807, 2.05) is 24.3 Å². The number of allylic oxidation sites excluding steroid dienone is 8. The van der Waals surface area contributed by atoms with Crippen LogP contribution in [0.1, 0.15) is 30.4 Å². The fourth-order valence-electron chi connectivity index (χ4n) is 2.91. The first-order chi connectivity index (χ1) is 9.95. The minimum atomic E-state index is -4.30. The van der Waals surface area contributed by atoms with Crippen LogP contribution in [0.3, 0.4) is 0 Å². The van der Waals surface area contributed by atoms with Crippen molar-refractivity contribution in [2.24, 2.45) is 0 Å². The fourth-order valence-corrected chi connectivity index (χ4v) is 2.91. The maximum absolute atomic E-state index is 12.9. The van der Waals surface area contributed by atoms with E-state index in [4.69, 9.17) is 0 Å². The molecule has 3 heteroatoms. The SMILES string of the molecule is CC1=CC2=C(C=CC=CC2c2cccc(C(F)(F)F)c2)C1. The Labute approximate surface area is 122 Å². The van der Waals surface area contributed by atoms with Crippen LogP contribution in [-0.4, -0.2) is 0 Å². The standard InChI is InChI=1S/C18H15F3/c1-12-9-13-5-2-3-8-16(17(13)10-12)14-6-4-7-15(11-14)18(19,20)21/h2-8,10-11,16H,9H2,1H3. The predicted octanol–water partition coefficient (Wildman–Crippen LogP) is 5.56. The molecule has 0 amide bonds. The molecular weight excluding hydrogens is 273 g/mol. The summed E-state index contributed by atoms with van der Waals surface area (Å²) in [5.41, 5.74) is 3.64. The number of halogens is 3. The monoisotopic (exact) mass is 288 g/mol. The molecule has 1 atom stereocenters. The van der Waals surface area contributed by atoms with Crippen molar-refractivity contribution < 1.29 is 13.2 Å². The van der Waals surface area contributed by atoms with Crippen molar-refractivity contribution in [1.29, 1.82) is 0 Å². The normalized spacial score (nSPS) is 21.3. The topological polar surface area (TPSA) is 0 Å². The van der Waals surface area contributed by atoms with E-state index < -0.39 is 11.7 Å². The van der Waals surface area contributed by atoms with Gasteiger partial charge < -0.3 is 0 Å². The molecular formula is C18H15F3. The third-order valence-corrected chi connectivity index (χ3v) is 3.86. The molecule has 1 aromatic rings. The zero-order valence-corrected chi connectivity index (χ0v) is 11.6. The predicted molar refractivity (Wildman–Crippen MR) is 77.9 cm³/mol. The second-order valence-electron chi connectivity index (χ2n) is 5.49. The number of alkyl halides is 3. The van der Waals surface area contributed by atoms with Crippen LogP contribution < -0.4 is 0 Å². The molecule has 0 N–H and O–H groups in total. The lowest BCUT2D eigenvalue weighted by molar-refractivity contribution is -0.137. The molecule has 1 aromatic carbocycles. The molecule has 2 aliphatic carbocycles. The van der Waals surface area contributed by atoms with Crippen molar-refractivity contribution >= 4 is 0 Å². The summed E-state index contributed by atoms with van der Waals surface area (Å²) in [6, 6.07) is 5.62. The minimum Gasteiger partial charge on any atom is -0.166 e. The van der Waals surface area contributed by atoms with Gasteiger partial charge in [0.15, 0.2) is 0 Å². The highest BCUT2D eigenvalue weighted by Crippen LogP contribution is 2.40. The van der Waals surface area contributed by atoms with Crippen molar-refractivity contribution in [3.05, 3.63) is 82.5 Å². The second kappa shape index (κ2) is 5.06. The number of hydrogen-bond donors (Lipinski definition) is 0. The average molecular weight is 288 g/mol. The van der Waals surface area contributed by atoms with Crippen LogP contribution in [0, 0.1) is 0 Å². The van der Waals surface area contributed by atoms with E-state index >= 15 is 0 Å². The van der Waals surface area contributed by atoms with E-state index in [0.717, 1.165) is 18.1 Å². The van der Waals surface area contributed by atoms with Gasteiger partial charge in [0.05, 0.1) is 5.56 Å². The molecule has 0 nitrogen and oxygen atoms in total. The van der Waals surface area contributed by atoms with Crippen LogP contribution in [0.2, 0.25) is 0 Å². The summed E-state index contributed by atoms with van der Waals surface area (Å²) in [5, 5.41) is 0. The Kier molecular flexibility index (Phi) is 3.36. The van der Waals surface area contributed by atoms with Crippen LogP contribution in [-0.2, 0) is 6.18 Å². The molecule has 0 aliphatic heterocycles. The Morgan fingerprint density at radius 1 is 1.14 bits per heavy atom. The second-order valence-corrected chi connectivity index (χ2v) is 5.49. The molecule has 0 spiro atoms. The van der Waals surface area contributed by atoms with Gasteiger partial charge in [-0.2, -0.15) is 13.2 Å². The van der Waals surface area contributed by atoms with Gasteiger partial charge in [0.25, 0.3) is 0 Å². The van der Waals surface area contributed by atoms with E-state index in [1.54, 1.807) is 6.07 Å². The third kappa shape index (κ3) is 2.73. The molecule has 0 bridgehead atoms. The quantitative estimate of drug-likeness (QED) is 0.634. The maximum Gasteiger partial charge on any atom is 0.416 e. The molecule has 108 valence electrons. The Balaban J connectivity index is 2.05. The van der Waals surface area contributed by atoms with Gasteiger partial charge in [0, 0.05) is 5.92 Å². The molecule has 0 heterocycles. The van der Waals surface area contributed by atoms with E-state index in [-0.39, 0.29) is 5.92 Å². The summed E-state index contributed by atoms with van der Waals surface area (Å²) in [6.07, 6.45) is 6.54. The first-order valence-electron chi connectivity index (χ1n) is 6.87. The largest absolute Gasteiger partial charge is 0.416 e. The van der Waals surface area contributed by atoms with Gasteiger partial charge in [-0.15, -0.1) is 0 Å². The lowest BCUT2D eigenvalue weighted by Crippen LogP contribution is -2.07. The molecule has 2 aliphatic rings. The molecule has 1 unspecified atom stereocenters. The number of benzene rings is 1. The Morgan fingerprint density at radius 3 is 2.71 bits per heavy atom. The Hall–Kier alpha value is -2.03. The van der Waals surface area contributed by atoms with Gasteiger partial charge in [-0.05, 0) is 36.1 Å². The molecule has 0 aromatic heterocycles. The maximum atomic E-state index is 12.9. The summed E-state index contributed by atoms with van der Waals surface area (Å²) in [5.74, 6) is -0.116. The first-order valence-corrected chi connectivity index (χ1v) is 6.87. The number of rotatable bonds is 1. The summed E-state index contributed by atoms with van der Waals surface area (Å²) < 4.78 is 38.7. The molecule has 0 saturated heterocycles. The van der Waals surface area contributed by atoms with Crippen molar-refractivity contribution in [3.63, 3.8) is 0 Å². The van der Waals surface area contributed by atoms with Gasteiger partial charge in [-0.25, -0.2) is 0 Å².